The van der Waals surface area contributed by atoms with E-state index in [9.17, 15) is 4.39 Å². The Morgan fingerprint density at radius 2 is 2.18 bits per heavy atom. The predicted molar refractivity (Wildman–Crippen MR) is 70.0 cm³/mol. The third kappa shape index (κ3) is 2.80. The number of hydrogen-bond donors (Lipinski definition) is 1. The van der Waals surface area contributed by atoms with E-state index in [-0.39, 0.29) is 11.7 Å². The summed E-state index contributed by atoms with van der Waals surface area (Å²) < 4.78 is 13.9. The molecule has 3 heteroatoms. The molecule has 0 aliphatic carbocycles. The van der Waals surface area contributed by atoms with Gasteiger partial charge in [0.15, 0.2) is 0 Å². The normalized spacial score (nSPS) is 25.2. The zero-order valence-corrected chi connectivity index (χ0v) is 11.1. The summed E-state index contributed by atoms with van der Waals surface area (Å²) in [7, 11) is 0. The lowest BCUT2D eigenvalue weighted by Gasteiger charge is -2.35. The number of piperidine rings is 1. The van der Waals surface area contributed by atoms with Crippen molar-refractivity contribution in [3.63, 3.8) is 0 Å². The Labute approximate surface area is 107 Å². The van der Waals surface area contributed by atoms with Gasteiger partial charge in [-0.15, -0.1) is 0 Å². The van der Waals surface area contributed by atoms with Crippen molar-refractivity contribution in [1.29, 1.82) is 0 Å². The van der Waals surface area contributed by atoms with Crippen LogP contribution in [0, 0.1) is 17.7 Å². The largest absolute Gasteiger partial charge is 0.316 e. The Morgan fingerprint density at radius 3 is 2.88 bits per heavy atom. The summed E-state index contributed by atoms with van der Waals surface area (Å²) in [5, 5.41) is 4.02. The average Bonchev–Trinajstić information content (AvgIpc) is 2.32. The van der Waals surface area contributed by atoms with Crippen molar-refractivity contribution in [2.45, 2.75) is 26.2 Å². The molecule has 1 saturated heterocycles. The highest BCUT2D eigenvalue weighted by Gasteiger charge is 2.30. The molecule has 1 aromatic carbocycles. The highest BCUT2D eigenvalue weighted by Crippen LogP contribution is 2.36. The second-order valence-corrected chi connectivity index (χ2v) is 5.61. The Kier molecular flexibility index (Phi) is 4.05. The van der Waals surface area contributed by atoms with Gasteiger partial charge in [0, 0.05) is 5.02 Å². The number of benzene rings is 1. The van der Waals surface area contributed by atoms with E-state index in [4.69, 9.17) is 11.6 Å². The van der Waals surface area contributed by atoms with Crippen molar-refractivity contribution in [2.24, 2.45) is 11.8 Å². The molecule has 0 spiro atoms. The van der Waals surface area contributed by atoms with Crippen molar-refractivity contribution in [1.82, 2.24) is 5.32 Å². The molecule has 94 valence electrons. The van der Waals surface area contributed by atoms with Crippen LogP contribution < -0.4 is 5.32 Å². The monoisotopic (exact) mass is 255 g/mol. The van der Waals surface area contributed by atoms with E-state index in [0.717, 1.165) is 25.1 Å². The first-order chi connectivity index (χ1) is 8.09. The van der Waals surface area contributed by atoms with E-state index >= 15 is 0 Å². The predicted octanol–water partition coefficient (Wildman–Crippen LogP) is 3.83. The van der Waals surface area contributed by atoms with Gasteiger partial charge in [0.2, 0.25) is 0 Å². The fourth-order valence-electron chi connectivity index (χ4n) is 2.77. The Morgan fingerprint density at radius 1 is 1.41 bits per heavy atom. The fraction of sp³-hybridized carbons (Fsp3) is 0.571. The standard InChI is InChI=1S/C14H19ClFN/c1-9(2)13-8-17-6-5-11(13)12-7-10(15)3-4-14(12)16/h3-4,7,9,11,13,17H,5-6,8H2,1-2H3. The van der Waals surface area contributed by atoms with Crippen LogP contribution in [0.25, 0.3) is 0 Å². The molecule has 17 heavy (non-hydrogen) atoms. The molecule has 1 fully saturated rings. The number of rotatable bonds is 2. The second-order valence-electron chi connectivity index (χ2n) is 5.17. The van der Waals surface area contributed by atoms with Gasteiger partial charge in [0.1, 0.15) is 5.82 Å². The topological polar surface area (TPSA) is 12.0 Å². The zero-order valence-electron chi connectivity index (χ0n) is 10.3. The number of halogens is 2. The van der Waals surface area contributed by atoms with Crippen LogP contribution in [0.5, 0.6) is 0 Å². The van der Waals surface area contributed by atoms with Gasteiger partial charge in [-0.05, 0) is 61.0 Å². The summed E-state index contributed by atoms with van der Waals surface area (Å²) in [6.45, 7) is 6.33. The number of hydrogen-bond acceptors (Lipinski definition) is 1. The minimum atomic E-state index is -0.119. The fourth-order valence-corrected chi connectivity index (χ4v) is 2.95. The van der Waals surface area contributed by atoms with E-state index in [2.05, 4.69) is 19.2 Å². The van der Waals surface area contributed by atoms with Crippen LogP contribution in [-0.4, -0.2) is 13.1 Å². The van der Waals surface area contributed by atoms with Crippen molar-refractivity contribution in [3.05, 3.63) is 34.6 Å². The summed E-state index contributed by atoms with van der Waals surface area (Å²) in [5.74, 6) is 1.20. The van der Waals surface area contributed by atoms with Crippen LogP contribution >= 0.6 is 11.6 Å². The van der Waals surface area contributed by atoms with Gasteiger partial charge < -0.3 is 5.32 Å². The molecule has 0 radical (unpaired) electrons. The lowest BCUT2D eigenvalue weighted by Crippen LogP contribution is -2.38. The minimum Gasteiger partial charge on any atom is -0.316 e. The van der Waals surface area contributed by atoms with Crippen LogP contribution in [0.15, 0.2) is 18.2 Å². The lowest BCUT2D eigenvalue weighted by molar-refractivity contribution is 0.251. The van der Waals surface area contributed by atoms with Crippen LogP contribution in [0.4, 0.5) is 4.39 Å². The van der Waals surface area contributed by atoms with Gasteiger partial charge in [-0.3, -0.25) is 0 Å². The lowest BCUT2D eigenvalue weighted by atomic mass is 9.75. The molecule has 0 aromatic heterocycles. The summed E-state index contributed by atoms with van der Waals surface area (Å²) in [6, 6.07) is 4.89. The Hall–Kier alpha value is -0.600. The molecule has 0 saturated carbocycles. The van der Waals surface area contributed by atoms with Gasteiger partial charge in [0.25, 0.3) is 0 Å². The van der Waals surface area contributed by atoms with E-state index in [1.165, 1.54) is 6.07 Å². The van der Waals surface area contributed by atoms with E-state index < -0.39 is 0 Å². The molecule has 1 aromatic rings. The summed E-state index contributed by atoms with van der Waals surface area (Å²) in [5.41, 5.74) is 0.790. The quantitative estimate of drug-likeness (QED) is 0.847. The zero-order chi connectivity index (χ0) is 12.4. The molecule has 0 amide bonds. The molecule has 1 aliphatic rings. The van der Waals surface area contributed by atoms with Crippen LogP contribution in [0.3, 0.4) is 0 Å². The van der Waals surface area contributed by atoms with Crippen LogP contribution in [0.2, 0.25) is 5.02 Å². The second kappa shape index (κ2) is 5.36. The van der Waals surface area contributed by atoms with Crippen LogP contribution in [0.1, 0.15) is 31.7 Å². The molecule has 1 N–H and O–H groups in total. The smallest absolute Gasteiger partial charge is 0.126 e. The van der Waals surface area contributed by atoms with Crippen molar-refractivity contribution >= 4 is 11.6 Å². The molecule has 1 heterocycles. The van der Waals surface area contributed by atoms with Crippen LogP contribution in [-0.2, 0) is 0 Å². The summed E-state index contributed by atoms with van der Waals surface area (Å²) in [6.07, 6.45) is 0.986. The average molecular weight is 256 g/mol. The van der Waals surface area contributed by atoms with Crippen molar-refractivity contribution < 1.29 is 4.39 Å². The van der Waals surface area contributed by atoms with Gasteiger partial charge in [-0.25, -0.2) is 4.39 Å². The number of nitrogens with one attached hydrogen (secondary N) is 1. The minimum absolute atomic E-state index is 0.119. The first-order valence-corrected chi connectivity index (χ1v) is 6.63. The van der Waals surface area contributed by atoms with E-state index in [1.807, 2.05) is 0 Å². The molecule has 2 unspecified atom stereocenters. The Balaban J connectivity index is 2.32. The van der Waals surface area contributed by atoms with Gasteiger partial charge >= 0.3 is 0 Å². The first kappa shape index (κ1) is 12.8. The Bertz CT molecular complexity index is 392. The SMILES string of the molecule is CC(C)C1CNCCC1c1cc(Cl)ccc1F. The molecule has 1 nitrogen and oxygen atoms in total. The molecule has 0 bridgehead atoms. The molecule has 2 atom stereocenters. The summed E-state index contributed by atoms with van der Waals surface area (Å²) in [4.78, 5) is 0. The maximum atomic E-state index is 13.9. The van der Waals surface area contributed by atoms with E-state index in [1.54, 1.807) is 12.1 Å². The van der Waals surface area contributed by atoms with Crippen molar-refractivity contribution in [2.75, 3.05) is 13.1 Å². The third-order valence-electron chi connectivity index (χ3n) is 3.74. The molecule has 2 rings (SSSR count). The van der Waals surface area contributed by atoms with Gasteiger partial charge in [-0.2, -0.15) is 0 Å². The maximum Gasteiger partial charge on any atom is 0.126 e. The molecular weight excluding hydrogens is 237 g/mol. The molecular formula is C14H19ClFN. The third-order valence-corrected chi connectivity index (χ3v) is 3.98. The highest BCUT2D eigenvalue weighted by molar-refractivity contribution is 6.30. The van der Waals surface area contributed by atoms with Gasteiger partial charge in [0.05, 0.1) is 0 Å². The van der Waals surface area contributed by atoms with Crippen molar-refractivity contribution in [3.8, 4) is 0 Å². The molecule has 1 aliphatic heterocycles. The van der Waals surface area contributed by atoms with E-state index in [0.29, 0.717) is 16.9 Å². The first-order valence-electron chi connectivity index (χ1n) is 6.25. The summed E-state index contributed by atoms with van der Waals surface area (Å²) >= 11 is 5.98. The van der Waals surface area contributed by atoms with Gasteiger partial charge in [-0.1, -0.05) is 25.4 Å². The maximum absolute atomic E-state index is 13.9. The highest BCUT2D eigenvalue weighted by atomic mass is 35.5.